The number of aryl methyl sites for hydroxylation is 1. The van der Waals surface area contributed by atoms with Crippen LogP contribution in [0.3, 0.4) is 0 Å². The second-order valence-corrected chi connectivity index (χ2v) is 20.3. The minimum Gasteiger partial charge on any atom is -0.352 e. The molecule has 0 spiro atoms. The average Bonchev–Trinajstić information content (AvgIpc) is 3.78. The summed E-state index contributed by atoms with van der Waals surface area (Å²) in [5.41, 5.74) is 2.60. The molecule has 18 nitrogen and oxygen atoms in total. The first-order valence-corrected chi connectivity index (χ1v) is 25.1. The second kappa shape index (κ2) is 25.3. The predicted molar refractivity (Wildman–Crippen MR) is 274 cm³/mol. The van der Waals surface area contributed by atoms with Gasteiger partial charge >= 0.3 is 0 Å². The van der Waals surface area contributed by atoms with Crippen molar-refractivity contribution in [3.63, 3.8) is 0 Å². The number of hydrogen-bond acceptors (Lipinski definition) is 10. The molecular weight excluding hydrogens is 1010 g/mol. The molecule has 1 aliphatic heterocycles. The number of carbonyl (C=O) groups is 8. The van der Waals surface area contributed by atoms with Crippen LogP contribution in [0.25, 0.3) is 0 Å². The van der Waals surface area contributed by atoms with E-state index in [4.69, 9.17) is 0 Å². The van der Waals surface area contributed by atoms with Gasteiger partial charge in [-0.25, -0.2) is 0 Å². The van der Waals surface area contributed by atoms with Gasteiger partial charge in [-0.1, -0.05) is 81.4 Å². The van der Waals surface area contributed by atoms with E-state index >= 15 is 0 Å². The summed E-state index contributed by atoms with van der Waals surface area (Å²) in [6.45, 7) is 10.6. The highest BCUT2D eigenvalue weighted by molar-refractivity contribution is 14.1. The molecule has 2 aliphatic rings. The van der Waals surface area contributed by atoms with Gasteiger partial charge in [0.25, 0.3) is 17.7 Å². The van der Waals surface area contributed by atoms with Crippen molar-refractivity contribution in [1.29, 1.82) is 0 Å². The zero-order valence-corrected chi connectivity index (χ0v) is 43.4. The van der Waals surface area contributed by atoms with E-state index in [1.807, 2.05) is 76.2 Å². The molecule has 3 aromatic rings. The van der Waals surface area contributed by atoms with Crippen molar-refractivity contribution in [2.75, 3.05) is 27.2 Å². The lowest BCUT2D eigenvalue weighted by Crippen LogP contribution is -2.59. The summed E-state index contributed by atoms with van der Waals surface area (Å²) in [5, 5.41) is 25.8. The van der Waals surface area contributed by atoms with Gasteiger partial charge in [0.05, 0.1) is 24.2 Å². The summed E-state index contributed by atoms with van der Waals surface area (Å²) in [6, 6.07) is 17.8. The number of alkyl halides is 1. The van der Waals surface area contributed by atoms with Gasteiger partial charge in [0.15, 0.2) is 4.05 Å². The van der Waals surface area contributed by atoms with Gasteiger partial charge in [-0.15, -0.1) is 0 Å². The zero-order valence-electron chi connectivity index (χ0n) is 41.2. The highest BCUT2D eigenvalue weighted by Crippen LogP contribution is 2.31. The topological polar surface area (TPSA) is 248 Å². The van der Waals surface area contributed by atoms with Gasteiger partial charge in [-0.3, -0.25) is 38.4 Å². The third-order valence-electron chi connectivity index (χ3n) is 12.9. The Bertz CT molecular complexity index is 2360. The zero-order chi connectivity index (χ0) is 51.3. The van der Waals surface area contributed by atoms with E-state index < -0.39 is 87.2 Å². The molecule has 8 amide bonds. The molecule has 1 fully saturated rings. The molecule has 70 heavy (non-hydrogen) atoms. The summed E-state index contributed by atoms with van der Waals surface area (Å²) in [6.07, 6.45) is 2.61. The first-order valence-electron chi connectivity index (χ1n) is 23.8. The molecule has 0 radical (unpaired) electrons. The van der Waals surface area contributed by atoms with Crippen LogP contribution >= 0.6 is 22.6 Å². The van der Waals surface area contributed by atoms with Crippen molar-refractivity contribution in [3.8, 4) is 0 Å². The molecule has 19 heteroatoms. The van der Waals surface area contributed by atoms with Crippen LogP contribution in [0.1, 0.15) is 117 Å². The maximum absolute atomic E-state index is 14.6. The SMILES string of the molecule is CN[C@@H](C)C(=O)N[C@@H](I)C(=O)N[C@@H](CCNC(=O)c1cccc(C(=O)N[C@H]2C[C@@H](C(=O)N[C@@H]3CCCc4ccccc43)N(C(=O)[C@@H](NC(=O)[C@H](C)NC)C(C)(C)C)C2)c1)C(=O)N[C@H](C)c1ccccc1. The van der Waals surface area contributed by atoms with Crippen LogP contribution in [0.5, 0.6) is 0 Å². The Morgan fingerprint density at radius 1 is 0.714 bits per heavy atom. The molecule has 5 rings (SSSR count). The quantitative estimate of drug-likeness (QED) is 0.0455. The van der Waals surface area contributed by atoms with E-state index in [1.165, 1.54) is 17.0 Å². The third kappa shape index (κ3) is 14.8. The van der Waals surface area contributed by atoms with Crippen LogP contribution in [-0.2, 0) is 35.2 Å². The predicted octanol–water partition coefficient (Wildman–Crippen LogP) is 2.69. The van der Waals surface area contributed by atoms with Gasteiger partial charge in [0, 0.05) is 30.3 Å². The van der Waals surface area contributed by atoms with Gasteiger partial charge in [-0.2, -0.15) is 0 Å². The van der Waals surface area contributed by atoms with Crippen molar-refractivity contribution in [1.82, 2.24) is 52.8 Å². The summed E-state index contributed by atoms with van der Waals surface area (Å²) in [7, 11) is 3.26. The minimum absolute atomic E-state index is 0.0106. The maximum Gasteiger partial charge on any atom is 0.253 e. The van der Waals surface area contributed by atoms with Gasteiger partial charge < -0.3 is 52.8 Å². The Hall–Kier alpha value is -5.93. The fraction of sp³-hybridized carbons (Fsp3) is 0.490. The molecule has 0 bridgehead atoms. The van der Waals surface area contributed by atoms with E-state index in [9.17, 15) is 38.4 Å². The fourth-order valence-electron chi connectivity index (χ4n) is 8.42. The van der Waals surface area contributed by atoms with E-state index in [2.05, 4.69) is 53.9 Å². The highest BCUT2D eigenvalue weighted by Gasteiger charge is 2.46. The number of likely N-dealkylation sites (tertiary alicyclic amines) is 1. The first kappa shape index (κ1) is 55.0. The summed E-state index contributed by atoms with van der Waals surface area (Å²) in [4.78, 5) is 110. The number of amides is 8. The Labute approximate surface area is 424 Å². The molecule has 1 heterocycles. The average molecular weight is 1080 g/mol. The standard InChI is InChI=1S/C51H69IN10O8/c1-29(32-16-10-9-11-17-32)56-47(67)39(59-49(69)42(52)61-44(64)31(3)54-8)24-25-55-45(65)34-20-14-21-35(26-34)46(66)57-36-27-40(48(68)58-38-23-15-19-33-18-12-13-22-37(33)38)62(28-36)50(70)41(51(4,5)6)60-43(63)30(2)53-7/h9-14,16-18,20-22,26,29-31,36,38-42,53-54H,15,19,23-25,27-28H2,1-8H3,(H,55,65)(H,56,67)(H,57,66)(H,58,68)(H,59,69)(H,60,63)(H,61,64)/t29-,30+,31+,36+,38-,39+,40+,41-,42-/m1/s1. The monoisotopic (exact) mass is 1080 g/mol. The maximum atomic E-state index is 14.6. The Balaban J connectivity index is 1.28. The molecule has 9 atom stereocenters. The summed E-state index contributed by atoms with van der Waals surface area (Å²) >= 11 is 1.78. The Morgan fingerprint density at radius 2 is 1.34 bits per heavy atom. The smallest absolute Gasteiger partial charge is 0.253 e. The Kier molecular flexibility index (Phi) is 19.9. The number of fused-ring (bicyclic) bond motifs is 1. The van der Waals surface area contributed by atoms with Crippen LogP contribution in [0.2, 0.25) is 0 Å². The Morgan fingerprint density at radius 3 is 2.00 bits per heavy atom. The van der Waals surface area contributed by atoms with Crippen molar-refractivity contribution < 1.29 is 38.4 Å². The molecular formula is C51H69IN10O8. The van der Waals surface area contributed by atoms with Gasteiger partial charge in [-0.05, 0) is 130 Å². The number of benzene rings is 3. The van der Waals surface area contributed by atoms with Crippen molar-refractivity contribution >= 4 is 69.8 Å². The third-order valence-corrected chi connectivity index (χ3v) is 13.7. The highest BCUT2D eigenvalue weighted by atomic mass is 127. The summed E-state index contributed by atoms with van der Waals surface area (Å²) in [5.74, 6) is -3.77. The van der Waals surface area contributed by atoms with Crippen molar-refractivity contribution in [3.05, 3.63) is 107 Å². The normalized spacial score (nSPS) is 19.1. The molecule has 0 aromatic heterocycles. The molecule has 9 N–H and O–H groups in total. The molecule has 1 aliphatic carbocycles. The van der Waals surface area contributed by atoms with Crippen molar-refractivity contribution in [2.24, 2.45) is 5.41 Å². The lowest BCUT2D eigenvalue weighted by molar-refractivity contribution is -0.144. The molecule has 0 unspecified atom stereocenters. The molecule has 3 aromatic carbocycles. The molecule has 0 saturated carbocycles. The molecule has 378 valence electrons. The molecule has 1 saturated heterocycles. The van der Waals surface area contributed by atoms with E-state index in [0.717, 1.165) is 36.0 Å². The van der Waals surface area contributed by atoms with Crippen LogP contribution in [0.15, 0.2) is 78.9 Å². The number of rotatable bonds is 20. The lowest BCUT2D eigenvalue weighted by Gasteiger charge is -2.36. The number of halogens is 1. The first-order chi connectivity index (χ1) is 33.2. The second-order valence-electron chi connectivity index (χ2n) is 19.1. The fourth-order valence-corrected chi connectivity index (χ4v) is 8.91. The number of nitrogens with one attached hydrogen (secondary N) is 9. The number of nitrogens with zero attached hydrogens (tertiary/aromatic N) is 1. The lowest BCUT2D eigenvalue weighted by atomic mass is 9.85. The van der Waals surface area contributed by atoms with E-state index in [1.54, 1.807) is 62.7 Å². The largest absolute Gasteiger partial charge is 0.352 e. The van der Waals surface area contributed by atoms with Crippen LogP contribution in [0.4, 0.5) is 0 Å². The number of carbonyl (C=O) groups excluding carboxylic acids is 8. The van der Waals surface area contributed by atoms with E-state index in [0.29, 0.717) is 0 Å². The van der Waals surface area contributed by atoms with Crippen LogP contribution < -0.4 is 47.9 Å². The number of likely N-dealkylation sites (N-methyl/N-ethyl adjacent to an activating group) is 2. The van der Waals surface area contributed by atoms with Gasteiger partial charge in [0.2, 0.25) is 29.5 Å². The number of hydrogen-bond donors (Lipinski definition) is 9. The van der Waals surface area contributed by atoms with Gasteiger partial charge in [0.1, 0.15) is 18.1 Å². The van der Waals surface area contributed by atoms with Crippen LogP contribution in [-0.4, -0.2) is 120 Å². The van der Waals surface area contributed by atoms with Crippen molar-refractivity contribution in [2.45, 2.75) is 126 Å². The van der Waals surface area contributed by atoms with E-state index in [-0.39, 0.29) is 54.9 Å². The van der Waals surface area contributed by atoms with Crippen LogP contribution in [0, 0.1) is 5.41 Å². The minimum atomic E-state index is -1.10. The summed E-state index contributed by atoms with van der Waals surface area (Å²) < 4.78 is -0.998.